The van der Waals surface area contributed by atoms with Gasteiger partial charge in [-0.1, -0.05) is 17.3 Å². The molecule has 0 saturated carbocycles. The number of carbonyl (C=O) groups is 1. The lowest BCUT2D eigenvalue weighted by molar-refractivity contribution is -0.137. The molecule has 0 fully saturated rings. The molecule has 1 aliphatic heterocycles. The van der Waals surface area contributed by atoms with Crippen molar-refractivity contribution >= 4 is 11.6 Å². The van der Waals surface area contributed by atoms with Crippen LogP contribution in [0.25, 0.3) is 0 Å². The second-order valence-electron chi connectivity index (χ2n) is 6.53. The Bertz CT molecular complexity index is 821. The summed E-state index contributed by atoms with van der Waals surface area (Å²) in [7, 11) is 3.10. The lowest BCUT2D eigenvalue weighted by atomic mass is 10.0. The van der Waals surface area contributed by atoms with E-state index in [0.29, 0.717) is 19.5 Å². The van der Waals surface area contributed by atoms with Gasteiger partial charge in [-0.3, -0.25) is 4.79 Å². The van der Waals surface area contributed by atoms with Crippen LogP contribution in [0.3, 0.4) is 0 Å². The summed E-state index contributed by atoms with van der Waals surface area (Å²) in [4.78, 5) is 19.6. The van der Waals surface area contributed by atoms with E-state index in [2.05, 4.69) is 5.16 Å². The average molecular weight is 386 g/mol. The van der Waals surface area contributed by atoms with Crippen molar-refractivity contribution in [3.63, 3.8) is 0 Å². The molecule has 6 nitrogen and oxygen atoms in total. The van der Waals surface area contributed by atoms with Crippen molar-refractivity contribution in [2.45, 2.75) is 19.1 Å². The lowest BCUT2D eigenvalue weighted by Gasteiger charge is -2.24. The van der Waals surface area contributed by atoms with Crippen LogP contribution < -0.4 is 4.74 Å². The van der Waals surface area contributed by atoms with E-state index in [1.165, 1.54) is 19.2 Å². The van der Waals surface area contributed by atoms with Crippen molar-refractivity contribution in [1.82, 2.24) is 4.90 Å². The third-order valence-corrected chi connectivity index (χ3v) is 4.49. The highest BCUT2D eigenvalue weighted by Gasteiger charge is 2.27. The number of ether oxygens (including phenoxy) is 2. The quantitative estimate of drug-likeness (QED) is 0.700. The predicted molar refractivity (Wildman–Crippen MR) is 103 cm³/mol. The molecule has 3 rings (SSSR count). The SMILES string of the molecule is COCC(=O)N(Cc1ccc(F)cc1)C[C@@H]1CC(c2ccc(OC)cc2)=NO1. The number of amides is 1. The van der Waals surface area contributed by atoms with Gasteiger partial charge in [0.25, 0.3) is 0 Å². The molecule has 7 heteroatoms. The van der Waals surface area contributed by atoms with E-state index in [1.54, 1.807) is 24.1 Å². The second-order valence-corrected chi connectivity index (χ2v) is 6.53. The summed E-state index contributed by atoms with van der Waals surface area (Å²) < 4.78 is 23.3. The number of nitrogens with zero attached hydrogens (tertiary/aromatic N) is 2. The molecule has 0 N–H and O–H groups in total. The van der Waals surface area contributed by atoms with Gasteiger partial charge in [-0.2, -0.15) is 0 Å². The van der Waals surface area contributed by atoms with Gasteiger partial charge in [-0.05, 0) is 47.5 Å². The second kappa shape index (κ2) is 9.32. The third-order valence-electron chi connectivity index (χ3n) is 4.49. The van der Waals surface area contributed by atoms with E-state index >= 15 is 0 Å². The first-order chi connectivity index (χ1) is 13.6. The summed E-state index contributed by atoms with van der Waals surface area (Å²) in [6.07, 6.45) is 0.338. The Morgan fingerprint density at radius 2 is 1.89 bits per heavy atom. The summed E-state index contributed by atoms with van der Waals surface area (Å²) >= 11 is 0. The summed E-state index contributed by atoms with van der Waals surface area (Å²) in [5.74, 6) is 0.305. The van der Waals surface area contributed by atoms with E-state index in [1.807, 2.05) is 24.3 Å². The van der Waals surface area contributed by atoms with E-state index < -0.39 is 0 Å². The first-order valence-corrected chi connectivity index (χ1v) is 8.97. The largest absolute Gasteiger partial charge is 0.497 e. The monoisotopic (exact) mass is 386 g/mol. The Kier molecular flexibility index (Phi) is 6.60. The molecule has 1 amide bonds. The molecule has 0 aliphatic carbocycles. The lowest BCUT2D eigenvalue weighted by Crippen LogP contribution is -2.39. The minimum atomic E-state index is -0.310. The van der Waals surface area contributed by atoms with Crippen LogP contribution in [0, 0.1) is 5.82 Å². The van der Waals surface area contributed by atoms with Crippen molar-refractivity contribution in [3.05, 3.63) is 65.5 Å². The topological polar surface area (TPSA) is 60.4 Å². The molecular formula is C21H23FN2O4. The zero-order valence-corrected chi connectivity index (χ0v) is 15.9. The molecule has 0 unspecified atom stereocenters. The summed E-state index contributed by atoms with van der Waals surface area (Å²) in [6.45, 7) is 0.684. The van der Waals surface area contributed by atoms with Crippen LogP contribution in [0.4, 0.5) is 4.39 Å². The molecule has 1 atom stereocenters. The molecule has 0 radical (unpaired) electrons. The van der Waals surface area contributed by atoms with Crippen LogP contribution in [0.5, 0.6) is 5.75 Å². The van der Waals surface area contributed by atoms with Gasteiger partial charge in [0.15, 0.2) is 6.10 Å². The van der Waals surface area contributed by atoms with Gasteiger partial charge >= 0.3 is 0 Å². The summed E-state index contributed by atoms with van der Waals surface area (Å²) in [5, 5.41) is 4.18. The highest BCUT2D eigenvalue weighted by atomic mass is 19.1. The van der Waals surface area contributed by atoms with Crippen LogP contribution in [0.2, 0.25) is 0 Å². The van der Waals surface area contributed by atoms with Crippen molar-refractivity contribution in [1.29, 1.82) is 0 Å². The molecule has 1 aliphatic rings. The fraction of sp³-hybridized carbons (Fsp3) is 0.333. The molecular weight excluding hydrogens is 363 g/mol. The molecule has 28 heavy (non-hydrogen) atoms. The number of rotatable bonds is 8. The van der Waals surface area contributed by atoms with Gasteiger partial charge in [-0.25, -0.2) is 4.39 Å². The third kappa shape index (κ3) is 5.07. The van der Waals surface area contributed by atoms with Crippen LogP contribution in [-0.4, -0.2) is 50.0 Å². The Hall–Kier alpha value is -2.93. The van der Waals surface area contributed by atoms with Crippen LogP contribution >= 0.6 is 0 Å². The summed E-state index contributed by atoms with van der Waals surface area (Å²) in [6, 6.07) is 13.7. The first kappa shape index (κ1) is 19.8. The minimum Gasteiger partial charge on any atom is -0.497 e. The van der Waals surface area contributed by atoms with Crippen molar-refractivity contribution < 1.29 is 23.5 Å². The molecule has 0 saturated heterocycles. The van der Waals surface area contributed by atoms with E-state index in [-0.39, 0.29) is 24.4 Å². The van der Waals surface area contributed by atoms with Gasteiger partial charge in [0, 0.05) is 20.1 Å². The maximum atomic E-state index is 13.1. The van der Waals surface area contributed by atoms with Gasteiger partial charge in [0.2, 0.25) is 5.91 Å². The van der Waals surface area contributed by atoms with Crippen molar-refractivity contribution in [3.8, 4) is 5.75 Å². The molecule has 2 aromatic rings. The van der Waals surface area contributed by atoms with Crippen molar-refractivity contribution in [2.24, 2.45) is 5.16 Å². The normalized spacial score (nSPS) is 15.7. The standard InChI is InChI=1S/C21H23FN2O4/c1-26-14-21(25)24(12-15-3-7-17(22)8-4-15)13-19-11-20(23-28-19)16-5-9-18(27-2)10-6-16/h3-10,19H,11-14H2,1-2H3/t19-/m0/s1. The smallest absolute Gasteiger partial charge is 0.248 e. The van der Waals surface area contributed by atoms with Gasteiger partial charge < -0.3 is 19.2 Å². The molecule has 2 aromatic carbocycles. The molecule has 1 heterocycles. The Morgan fingerprint density at radius 3 is 2.54 bits per heavy atom. The Morgan fingerprint density at radius 1 is 1.18 bits per heavy atom. The van der Waals surface area contributed by atoms with E-state index in [9.17, 15) is 9.18 Å². The van der Waals surface area contributed by atoms with E-state index in [0.717, 1.165) is 22.6 Å². The zero-order valence-electron chi connectivity index (χ0n) is 15.9. The number of methoxy groups -OCH3 is 2. The number of hydrogen-bond acceptors (Lipinski definition) is 5. The van der Waals surface area contributed by atoms with Gasteiger partial charge in [0.05, 0.1) is 19.4 Å². The van der Waals surface area contributed by atoms with Gasteiger partial charge in [0.1, 0.15) is 18.2 Å². The highest BCUT2D eigenvalue weighted by molar-refractivity contribution is 6.01. The highest BCUT2D eigenvalue weighted by Crippen LogP contribution is 2.21. The van der Waals surface area contributed by atoms with Crippen LogP contribution in [0.1, 0.15) is 17.5 Å². The maximum Gasteiger partial charge on any atom is 0.248 e. The fourth-order valence-corrected chi connectivity index (χ4v) is 3.01. The molecule has 0 spiro atoms. The molecule has 0 bridgehead atoms. The first-order valence-electron chi connectivity index (χ1n) is 8.97. The van der Waals surface area contributed by atoms with Crippen LogP contribution in [0.15, 0.2) is 53.7 Å². The molecule has 148 valence electrons. The number of carbonyl (C=O) groups excluding carboxylic acids is 1. The predicted octanol–water partition coefficient (Wildman–Crippen LogP) is 3.00. The number of benzene rings is 2. The van der Waals surface area contributed by atoms with Crippen molar-refractivity contribution in [2.75, 3.05) is 27.4 Å². The Balaban J connectivity index is 1.64. The Labute approximate surface area is 163 Å². The minimum absolute atomic E-state index is 0.0277. The fourth-order valence-electron chi connectivity index (χ4n) is 3.01. The average Bonchev–Trinajstić information content (AvgIpc) is 3.18. The van der Waals surface area contributed by atoms with E-state index in [4.69, 9.17) is 14.3 Å². The maximum absolute atomic E-state index is 13.1. The number of hydrogen-bond donors (Lipinski definition) is 0. The van der Waals surface area contributed by atoms with Gasteiger partial charge in [-0.15, -0.1) is 0 Å². The number of halogens is 1. The zero-order chi connectivity index (χ0) is 19.9. The summed E-state index contributed by atoms with van der Waals surface area (Å²) in [5.41, 5.74) is 2.62. The number of oxime groups is 1. The molecule has 0 aromatic heterocycles. The van der Waals surface area contributed by atoms with Crippen LogP contribution in [-0.2, 0) is 20.9 Å².